The summed E-state index contributed by atoms with van der Waals surface area (Å²) in [7, 11) is 0. The highest BCUT2D eigenvalue weighted by Gasteiger charge is 2.49. The molecule has 31 heavy (non-hydrogen) atoms. The number of carbonyl (C=O) groups excluding carboxylic acids is 1. The molecule has 1 aliphatic carbocycles. The Morgan fingerprint density at radius 2 is 1.87 bits per heavy atom. The molecule has 0 unspecified atom stereocenters. The molecule has 168 valence electrons. The molecule has 2 N–H and O–H groups in total. The Morgan fingerprint density at radius 1 is 1.13 bits per heavy atom. The van der Waals surface area contributed by atoms with Crippen LogP contribution in [-0.2, 0) is 0 Å². The largest absolute Gasteiger partial charge is 0.395 e. The molecule has 4 rings (SSSR count). The molecule has 0 aromatic heterocycles. The molecule has 1 aromatic rings. The van der Waals surface area contributed by atoms with Crippen molar-refractivity contribution < 1.29 is 9.90 Å². The van der Waals surface area contributed by atoms with Crippen LogP contribution in [0.2, 0.25) is 0 Å². The van der Waals surface area contributed by atoms with Crippen LogP contribution in [0.4, 0.5) is 4.79 Å². The first-order valence-corrected chi connectivity index (χ1v) is 12.2. The number of carbonyl (C=O) groups is 1. The van der Waals surface area contributed by atoms with Crippen LogP contribution in [0.1, 0.15) is 75.3 Å². The molecule has 2 aliphatic heterocycles. The van der Waals surface area contributed by atoms with Crippen LogP contribution in [0.15, 0.2) is 24.3 Å². The van der Waals surface area contributed by atoms with Crippen LogP contribution in [0.3, 0.4) is 0 Å². The summed E-state index contributed by atoms with van der Waals surface area (Å²) in [5.74, 6) is 6.69. The zero-order valence-corrected chi connectivity index (χ0v) is 18.9. The quantitative estimate of drug-likeness (QED) is 0.726. The number of aliphatic hydroxyl groups is 1. The van der Waals surface area contributed by atoms with Gasteiger partial charge in [0.2, 0.25) is 0 Å². The first kappa shape index (κ1) is 22.2. The van der Waals surface area contributed by atoms with Gasteiger partial charge in [0.25, 0.3) is 0 Å². The Morgan fingerprint density at radius 3 is 2.58 bits per heavy atom. The maximum atomic E-state index is 13.0. The van der Waals surface area contributed by atoms with E-state index in [1.54, 1.807) is 0 Å². The second kappa shape index (κ2) is 10.5. The van der Waals surface area contributed by atoms with Crippen LogP contribution in [0, 0.1) is 11.8 Å². The van der Waals surface area contributed by atoms with Gasteiger partial charge in [-0.2, -0.15) is 0 Å². The van der Waals surface area contributed by atoms with E-state index in [1.807, 2.05) is 4.90 Å². The van der Waals surface area contributed by atoms with Gasteiger partial charge in [0, 0.05) is 49.1 Å². The number of hydrogen-bond donors (Lipinski definition) is 2. The van der Waals surface area contributed by atoms with Crippen LogP contribution in [-0.4, -0.2) is 65.3 Å². The fourth-order valence-electron chi connectivity index (χ4n) is 5.54. The average Bonchev–Trinajstić information content (AvgIpc) is 3.27. The van der Waals surface area contributed by atoms with E-state index < -0.39 is 0 Å². The summed E-state index contributed by atoms with van der Waals surface area (Å²) in [4.78, 5) is 17.4. The smallest absolute Gasteiger partial charge is 0.317 e. The van der Waals surface area contributed by atoms with Gasteiger partial charge < -0.3 is 15.3 Å². The highest BCUT2D eigenvalue weighted by molar-refractivity contribution is 5.74. The molecule has 2 amide bonds. The van der Waals surface area contributed by atoms with Gasteiger partial charge in [0.05, 0.1) is 6.61 Å². The van der Waals surface area contributed by atoms with Crippen molar-refractivity contribution in [3.05, 3.63) is 35.4 Å². The Kier molecular flexibility index (Phi) is 7.53. The monoisotopic (exact) mass is 423 g/mol. The van der Waals surface area contributed by atoms with Gasteiger partial charge in [-0.25, -0.2) is 4.79 Å². The van der Waals surface area contributed by atoms with E-state index in [0.29, 0.717) is 6.04 Å². The van der Waals surface area contributed by atoms with E-state index in [1.165, 1.54) is 18.4 Å². The number of hydrogen-bond acceptors (Lipinski definition) is 3. The highest BCUT2D eigenvalue weighted by atomic mass is 16.3. The van der Waals surface area contributed by atoms with E-state index in [4.69, 9.17) is 0 Å². The maximum absolute atomic E-state index is 13.0. The van der Waals surface area contributed by atoms with Gasteiger partial charge in [-0.15, -0.1) is 0 Å². The van der Waals surface area contributed by atoms with Gasteiger partial charge in [-0.05, 0) is 56.3 Å². The molecule has 2 heterocycles. The summed E-state index contributed by atoms with van der Waals surface area (Å²) in [6, 6.07) is 9.39. The predicted molar refractivity (Wildman–Crippen MR) is 124 cm³/mol. The van der Waals surface area contributed by atoms with Crippen molar-refractivity contribution in [1.29, 1.82) is 0 Å². The molecule has 1 saturated carbocycles. The average molecular weight is 424 g/mol. The minimum absolute atomic E-state index is 0.0986. The van der Waals surface area contributed by atoms with Gasteiger partial charge in [-0.1, -0.05) is 43.7 Å². The molecule has 0 radical (unpaired) electrons. The highest BCUT2D eigenvalue weighted by Crippen LogP contribution is 2.42. The van der Waals surface area contributed by atoms with Crippen LogP contribution in [0.5, 0.6) is 0 Å². The number of urea groups is 1. The lowest BCUT2D eigenvalue weighted by Gasteiger charge is -2.57. The molecule has 5 nitrogen and oxygen atoms in total. The third-order valence-electron chi connectivity index (χ3n) is 7.24. The normalized spacial score (nSPS) is 26.8. The van der Waals surface area contributed by atoms with Crippen LogP contribution >= 0.6 is 0 Å². The molecule has 3 atom stereocenters. The number of nitrogens with zero attached hydrogens (tertiary/aromatic N) is 2. The van der Waals surface area contributed by atoms with Gasteiger partial charge in [-0.3, -0.25) is 4.90 Å². The summed E-state index contributed by atoms with van der Waals surface area (Å²) in [5, 5.41) is 13.4. The molecule has 5 heteroatoms. The fraction of sp³-hybridized carbons (Fsp3) is 0.654. The van der Waals surface area contributed by atoms with Crippen molar-refractivity contribution in [2.45, 2.75) is 82.3 Å². The van der Waals surface area contributed by atoms with Crippen LogP contribution < -0.4 is 5.32 Å². The first-order valence-electron chi connectivity index (χ1n) is 12.2. The van der Waals surface area contributed by atoms with Crippen molar-refractivity contribution >= 4 is 6.03 Å². The summed E-state index contributed by atoms with van der Waals surface area (Å²) >= 11 is 0. The number of rotatable bonds is 4. The standard InChI is InChI=1S/C26H37N3O2/c1-2-3-4-9-20-12-14-21(15-13-20)25-23-18-28(26(31)27-22-10-5-6-11-22)16-7-8-17-29(23)24(25)19-30/h12-15,22-25,30H,2-3,5-8,10-11,16-19H2,1H3,(H,27,31)/t23-,24-,25+/m1/s1. The molecular weight excluding hydrogens is 386 g/mol. The van der Waals surface area contributed by atoms with E-state index in [-0.39, 0.29) is 30.6 Å². The number of unbranched alkanes of at least 4 members (excludes halogenated alkanes) is 1. The minimum Gasteiger partial charge on any atom is -0.395 e. The zero-order valence-electron chi connectivity index (χ0n) is 18.9. The minimum atomic E-state index is 0.0986. The molecular formula is C26H37N3O2. The van der Waals surface area contributed by atoms with Crippen molar-refractivity contribution in [2.75, 3.05) is 26.2 Å². The van der Waals surface area contributed by atoms with Crippen molar-refractivity contribution in [3.8, 4) is 11.8 Å². The summed E-state index contributed by atoms with van der Waals surface area (Å²) in [6.45, 7) is 4.86. The van der Waals surface area contributed by atoms with Crippen LogP contribution in [0.25, 0.3) is 0 Å². The molecule has 3 fully saturated rings. The first-order chi connectivity index (χ1) is 15.2. The van der Waals surface area contributed by atoms with Crippen molar-refractivity contribution in [1.82, 2.24) is 15.1 Å². The van der Waals surface area contributed by atoms with Gasteiger partial charge >= 0.3 is 6.03 Å². The van der Waals surface area contributed by atoms with E-state index in [9.17, 15) is 9.90 Å². The third kappa shape index (κ3) is 5.07. The summed E-state index contributed by atoms with van der Waals surface area (Å²) in [5.41, 5.74) is 2.29. The third-order valence-corrected chi connectivity index (χ3v) is 7.24. The lowest BCUT2D eigenvalue weighted by Crippen LogP contribution is -2.68. The fourth-order valence-corrected chi connectivity index (χ4v) is 5.54. The number of fused-ring (bicyclic) bond motifs is 1. The Balaban J connectivity index is 1.47. The predicted octanol–water partition coefficient (Wildman–Crippen LogP) is 3.71. The Bertz CT molecular complexity index is 791. The van der Waals surface area contributed by atoms with E-state index >= 15 is 0 Å². The number of amides is 2. The van der Waals surface area contributed by atoms with E-state index in [2.05, 4.69) is 53.2 Å². The summed E-state index contributed by atoms with van der Waals surface area (Å²) in [6.07, 6.45) is 8.76. The second-order valence-electron chi connectivity index (χ2n) is 9.34. The Labute approximate surface area is 187 Å². The lowest BCUT2D eigenvalue weighted by atomic mass is 9.74. The number of aliphatic hydroxyl groups excluding tert-OH is 1. The number of benzene rings is 1. The second-order valence-corrected chi connectivity index (χ2v) is 9.34. The topological polar surface area (TPSA) is 55.8 Å². The molecule has 3 aliphatic rings. The van der Waals surface area contributed by atoms with Crippen molar-refractivity contribution in [2.24, 2.45) is 0 Å². The lowest BCUT2D eigenvalue weighted by molar-refractivity contribution is -0.0591. The molecule has 1 aromatic carbocycles. The SMILES string of the molecule is CCCC#Cc1ccc([C@@H]2[C@@H](CO)N3CCCCN(C(=O)NC4CCCC4)C[C@H]23)cc1. The molecule has 0 spiro atoms. The summed E-state index contributed by atoms with van der Waals surface area (Å²) < 4.78 is 0. The zero-order chi connectivity index (χ0) is 21.6. The van der Waals surface area contributed by atoms with Gasteiger partial charge in [0.15, 0.2) is 0 Å². The number of nitrogens with one attached hydrogen (secondary N) is 1. The van der Waals surface area contributed by atoms with E-state index in [0.717, 1.165) is 63.7 Å². The van der Waals surface area contributed by atoms with Gasteiger partial charge in [0.1, 0.15) is 0 Å². The van der Waals surface area contributed by atoms with Crippen molar-refractivity contribution in [3.63, 3.8) is 0 Å². The Hall–Kier alpha value is -2.03. The molecule has 2 saturated heterocycles. The maximum Gasteiger partial charge on any atom is 0.317 e. The molecule has 0 bridgehead atoms.